The van der Waals surface area contributed by atoms with Gasteiger partial charge in [0.25, 0.3) is 0 Å². The second-order valence-electron chi connectivity index (χ2n) is 8.10. The number of halogens is 2. The van der Waals surface area contributed by atoms with E-state index in [2.05, 4.69) is 22.0 Å². The molecule has 7 nitrogen and oxygen atoms in total. The van der Waals surface area contributed by atoms with Crippen molar-refractivity contribution in [1.82, 2.24) is 19.9 Å². The molecular weight excluding hydrogens is 425 g/mol. The van der Waals surface area contributed by atoms with E-state index < -0.39 is 0 Å². The fourth-order valence-corrected chi connectivity index (χ4v) is 4.17. The normalized spacial score (nSPS) is 22.1. The lowest BCUT2D eigenvalue weighted by Crippen LogP contribution is -2.51. The Morgan fingerprint density at radius 2 is 1.83 bits per heavy atom. The van der Waals surface area contributed by atoms with Gasteiger partial charge in [0, 0.05) is 43.7 Å². The number of nitrogens with two attached hydrogens (primary N) is 1. The van der Waals surface area contributed by atoms with Crippen LogP contribution in [-0.4, -0.2) is 58.1 Å². The van der Waals surface area contributed by atoms with Gasteiger partial charge in [-0.05, 0) is 26.2 Å². The number of aromatic nitrogens is 2. The van der Waals surface area contributed by atoms with E-state index in [-0.39, 0.29) is 42.7 Å². The van der Waals surface area contributed by atoms with Crippen molar-refractivity contribution >= 4 is 30.7 Å². The summed E-state index contributed by atoms with van der Waals surface area (Å²) in [7, 11) is 0. The Bertz CT molecular complexity index is 806. The van der Waals surface area contributed by atoms with Crippen LogP contribution in [0.25, 0.3) is 11.4 Å². The summed E-state index contributed by atoms with van der Waals surface area (Å²) in [6.45, 7) is 5.83. The van der Waals surface area contributed by atoms with E-state index in [4.69, 9.17) is 10.3 Å². The smallest absolute Gasteiger partial charge is 0.241 e. The highest BCUT2D eigenvalue weighted by Crippen LogP contribution is 2.25. The first-order chi connectivity index (χ1) is 13.6. The number of hydrogen-bond donors (Lipinski definition) is 1. The SMILES string of the molecule is Cc1ccc(-c2noc(CN3CCN(C(=O)C4CCCC(N)C4)CC3)n2)cc1.Cl.Cl. The molecule has 0 radical (unpaired) electrons. The highest BCUT2D eigenvalue weighted by molar-refractivity contribution is 5.85. The van der Waals surface area contributed by atoms with Gasteiger partial charge in [-0.3, -0.25) is 9.69 Å². The Labute approximate surface area is 190 Å². The van der Waals surface area contributed by atoms with Gasteiger partial charge in [0.15, 0.2) is 0 Å². The molecule has 0 spiro atoms. The minimum absolute atomic E-state index is 0. The standard InChI is InChI=1S/C21H29N5O2.2ClH/c1-15-5-7-16(8-6-15)20-23-19(28-24-20)14-25-9-11-26(12-10-25)21(27)17-3-2-4-18(22)13-17;;/h5-8,17-18H,2-4,9-14,22H2,1H3;2*1H. The molecular formula is C21H31Cl2N5O2. The molecule has 1 aliphatic heterocycles. The predicted octanol–water partition coefficient (Wildman–Crippen LogP) is 3.05. The third-order valence-electron chi connectivity index (χ3n) is 5.88. The molecule has 4 rings (SSSR count). The summed E-state index contributed by atoms with van der Waals surface area (Å²) in [6, 6.07) is 8.28. The van der Waals surface area contributed by atoms with Crippen LogP contribution in [0.2, 0.25) is 0 Å². The number of benzene rings is 1. The van der Waals surface area contributed by atoms with Gasteiger partial charge in [0.05, 0.1) is 6.54 Å². The number of rotatable bonds is 4. The first-order valence-electron chi connectivity index (χ1n) is 10.2. The molecule has 1 aromatic heterocycles. The van der Waals surface area contributed by atoms with E-state index in [0.29, 0.717) is 18.3 Å². The molecule has 1 aliphatic carbocycles. The average Bonchev–Trinajstić information content (AvgIpc) is 3.17. The third kappa shape index (κ3) is 5.94. The Kier molecular flexibility index (Phi) is 9.09. The lowest BCUT2D eigenvalue weighted by Gasteiger charge is -2.37. The van der Waals surface area contributed by atoms with Crippen LogP contribution >= 0.6 is 24.8 Å². The van der Waals surface area contributed by atoms with Crippen LogP contribution < -0.4 is 5.73 Å². The minimum Gasteiger partial charge on any atom is -0.340 e. The topological polar surface area (TPSA) is 88.5 Å². The molecule has 2 unspecified atom stereocenters. The maximum absolute atomic E-state index is 12.8. The summed E-state index contributed by atoms with van der Waals surface area (Å²) < 4.78 is 5.44. The number of carbonyl (C=O) groups excluding carboxylic acids is 1. The molecule has 2 fully saturated rings. The maximum atomic E-state index is 12.8. The zero-order valence-corrected chi connectivity index (χ0v) is 19.0. The van der Waals surface area contributed by atoms with Crippen molar-refractivity contribution in [3.8, 4) is 11.4 Å². The minimum atomic E-state index is 0. The molecule has 2 atom stereocenters. The van der Waals surface area contributed by atoms with Crippen LogP contribution in [0.4, 0.5) is 0 Å². The number of hydrogen-bond acceptors (Lipinski definition) is 6. The van der Waals surface area contributed by atoms with Gasteiger partial charge in [-0.25, -0.2) is 0 Å². The van der Waals surface area contributed by atoms with Gasteiger partial charge in [-0.2, -0.15) is 4.98 Å². The van der Waals surface area contributed by atoms with Gasteiger partial charge in [0.2, 0.25) is 17.6 Å². The highest BCUT2D eigenvalue weighted by Gasteiger charge is 2.31. The van der Waals surface area contributed by atoms with Crippen molar-refractivity contribution in [3.63, 3.8) is 0 Å². The average molecular weight is 456 g/mol. The van der Waals surface area contributed by atoms with Crippen LogP contribution in [-0.2, 0) is 11.3 Å². The second kappa shape index (κ2) is 11.1. The van der Waals surface area contributed by atoms with Crippen LogP contribution in [0, 0.1) is 12.8 Å². The molecule has 1 aromatic carbocycles. The molecule has 30 heavy (non-hydrogen) atoms. The zero-order chi connectivity index (χ0) is 19.5. The molecule has 1 amide bonds. The van der Waals surface area contributed by atoms with Gasteiger partial charge >= 0.3 is 0 Å². The van der Waals surface area contributed by atoms with E-state index in [9.17, 15) is 4.79 Å². The van der Waals surface area contributed by atoms with Crippen molar-refractivity contribution in [2.75, 3.05) is 26.2 Å². The lowest BCUT2D eigenvalue weighted by atomic mass is 9.85. The summed E-state index contributed by atoms with van der Waals surface area (Å²) in [5, 5.41) is 4.10. The fourth-order valence-electron chi connectivity index (χ4n) is 4.17. The van der Waals surface area contributed by atoms with Crippen molar-refractivity contribution in [3.05, 3.63) is 35.7 Å². The molecule has 166 valence electrons. The van der Waals surface area contributed by atoms with Crippen LogP contribution in [0.15, 0.2) is 28.8 Å². The van der Waals surface area contributed by atoms with Gasteiger partial charge in [0.1, 0.15) is 0 Å². The number of nitrogens with zero attached hydrogens (tertiary/aromatic N) is 4. The summed E-state index contributed by atoms with van der Waals surface area (Å²) in [6.07, 6.45) is 3.93. The van der Waals surface area contributed by atoms with Gasteiger partial charge < -0.3 is 15.2 Å². The monoisotopic (exact) mass is 455 g/mol. The van der Waals surface area contributed by atoms with E-state index in [1.54, 1.807) is 0 Å². The predicted molar refractivity (Wildman–Crippen MR) is 121 cm³/mol. The molecule has 2 aliphatic rings. The number of amides is 1. The van der Waals surface area contributed by atoms with E-state index in [1.807, 2.05) is 29.2 Å². The third-order valence-corrected chi connectivity index (χ3v) is 5.88. The van der Waals surface area contributed by atoms with E-state index in [0.717, 1.165) is 57.4 Å². The second-order valence-corrected chi connectivity index (χ2v) is 8.10. The van der Waals surface area contributed by atoms with Crippen LogP contribution in [0.5, 0.6) is 0 Å². The Hall–Kier alpha value is -1.67. The van der Waals surface area contributed by atoms with E-state index >= 15 is 0 Å². The summed E-state index contributed by atoms with van der Waals surface area (Å²) in [5.41, 5.74) is 8.21. The summed E-state index contributed by atoms with van der Waals surface area (Å²) in [5.74, 6) is 1.64. The van der Waals surface area contributed by atoms with Crippen molar-refractivity contribution < 1.29 is 9.32 Å². The van der Waals surface area contributed by atoms with E-state index in [1.165, 1.54) is 5.56 Å². The molecule has 2 N–H and O–H groups in total. The Balaban J connectivity index is 0.00000160. The van der Waals surface area contributed by atoms with Crippen molar-refractivity contribution in [2.24, 2.45) is 11.7 Å². The largest absolute Gasteiger partial charge is 0.340 e. The number of piperazine rings is 1. The lowest BCUT2D eigenvalue weighted by molar-refractivity contribution is -0.138. The van der Waals surface area contributed by atoms with Crippen molar-refractivity contribution in [2.45, 2.75) is 45.2 Å². The van der Waals surface area contributed by atoms with Crippen molar-refractivity contribution in [1.29, 1.82) is 0 Å². The maximum Gasteiger partial charge on any atom is 0.241 e. The Morgan fingerprint density at radius 1 is 1.13 bits per heavy atom. The van der Waals surface area contributed by atoms with Gasteiger partial charge in [-0.15, -0.1) is 24.8 Å². The number of carbonyl (C=O) groups is 1. The van der Waals surface area contributed by atoms with Crippen LogP contribution in [0.3, 0.4) is 0 Å². The quantitative estimate of drug-likeness (QED) is 0.761. The van der Waals surface area contributed by atoms with Gasteiger partial charge in [-0.1, -0.05) is 41.4 Å². The molecule has 2 aromatic rings. The summed E-state index contributed by atoms with van der Waals surface area (Å²) >= 11 is 0. The Morgan fingerprint density at radius 3 is 2.50 bits per heavy atom. The first-order valence-corrected chi connectivity index (χ1v) is 10.2. The number of aryl methyl sites for hydroxylation is 1. The molecule has 0 bridgehead atoms. The van der Waals surface area contributed by atoms with Crippen LogP contribution in [0.1, 0.15) is 37.1 Å². The zero-order valence-electron chi connectivity index (χ0n) is 17.3. The molecule has 2 heterocycles. The first kappa shape index (κ1) is 24.6. The molecule has 1 saturated heterocycles. The molecule has 1 saturated carbocycles. The highest BCUT2D eigenvalue weighted by atomic mass is 35.5. The summed E-state index contributed by atoms with van der Waals surface area (Å²) in [4.78, 5) is 21.6. The fraction of sp³-hybridized carbons (Fsp3) is 0.571. The molecule has 9 heteroatoms.